The molecular formula is C24H22N2O3S. The normalized spacial score (nSPS) is 15.8. The van der Waals surface area contributed by atoms with Gasteiger partial charge in [-0.15, -0.1) is 0 Å². The van der Waals surface area contributed by atoms with Crippen molar-refractivity contribution in [1.29, 1.82) is 0 Å². The first-order valence-electron chi connectivity index (χ1n) is 9.64. The van der Waals surface area contributed by atoms with Crippen LogP contribution in [0, 0.1) is 0 Å². The van der Waals surface area contributed by atoms with Gasteiger partial charge in [0.25, 0.3) is 11.8 Å². The van der Waals surface area contributed by atoms with Gasteiger partial charge in [-0.25, -0.2) is 12.8 Å². The Morgan fingerprint density at radius 1 is 0.700 bits per heavy atom. The molecule has 5 nitrogen and oxygen atoms in total. The summed E-state index contributed by atoms with van der Waals surface area (Å²) in [4.78, 5) is 26.5. The van der Waals surface area contributed by atoms with Gasteiger partial charge in [0.05, 0.1) is 11.4 Å². The number of nitrogens with zero attached hydrogens (tertiary/aromatic N) is 2. The van der Waals surface area contributed by atoms with Crippen LogP contribution in [0.2, 0.25) is 0 Å². The zero-order valence-corrected chi connectivity index (χ0v) is 17.8. The number of amides is 2. The van der Waals surface area contributed by atoms with Gasteiger partial charge >= 0.3 is 0 Å². The summed E-state index contributed by atoms with van der Waals surface area (Å²) in [5.74, 6) is -0.827. The van der Waals surface area contributed by atoms with Gasteiger partial charge in [-0.05, 0) is 47.4 Å². The first kappa shape index (κ1) is 20.0. The lowest BCUT2D eigenvalue weighted by Gasteiger charge is -2.21. The van der Waals surface area contributed by atoms with E-state index in [-0.39, 0.29) is 5.41 Å². The van der Waals surface area contributed by atoms with Crippen LogP contribution in [0.4, 0.5) is 11.4 Å². The predicted octanol–water partition coefficient (Wildman–Crippen LogP) is 4.87. The van der Waals surface area contributed by atoms with Crippen molar-refractivity contribution in [3.8, 4) is 0 Å². The van der Waals surface area contributed by atoms with Gasteiger partial charge in [-0.1, -0.05) is 63.2 Å². The van der Waals surface area contributed by atoms with Gasteiger partial charge in [0.2, 0.25) is 11.2 Å². The Morgan fingerprint density at radius 3 is 1.63 bits per heavy atom. The maximum absolute atomic E-state index is 13.5. The standard InChI is InChI=1S/C24H22N2O3S/c1-24(2,3)19-14-15-20-21(16-19)26(23(28)18-12-8-5-9-13-18)30(29)25(20)22(27)17-10-6-4-7-11-17/h4-16H,1-3H3. The lowest BCUT2D eigenvalue weighted by atomic mass is 9.86. The van der Waals surface area contributed by atoms with Crippen LogP contribution in [-0.4, -0.2) is 16.0 Å². The minimum Gasteiger partial charge on any atom is -0.268 e. The molecule has 1 aliphatic heterocycles. The average Bonchev–Trinajstić information content (AvgIpc) is 3.04. The highest BCUT2D eigenvalue weighted by Crippen LogP contribution is 2.43. The van der Waals surface area contributed by atoms with Crippen LogP contribution in [-0.2, 0) is 16.6 Å². The molecule has 30 heavy (non-hydrogen) atoms. The summed E-state index contributed by atoms with van der Waals surface area (Å²) < 4.78 is 15.9. The molecular weight excluding hydrogens is 396 g/mol. The number of carbonyl (C=O) groups is 2. The Labute approximate surface area is 178 Å². The number of benzene rings is 3. The van der Waals surface area contributed by atoms with Crippen molar-refractivity contribution in [3.63, 3.8) is 0 Å². The molecule has 0 aromatic heterocycles. The van der Waals surface area contributed by atoms with E-state index in [0.29, 0.717) is 22.5 Å². The lowest BCUT2D eigenvalue weighted by molar-refractivity contribution is 0.100. The van der Waals surface area contributed by atoms with Crippen molar-refractivity contribution in [2.75, 3.05) is 8.61 Å². The third kappa shape index (κ3) is 3.44. The van der Waals surface area contributed by atoms with E-state index < -0.39 is 23.0 Å². The molecule has 0 saturated heterocycles. The third-order valence-corrected chi connectivity index (χ3v) is 6.35. The summed E-state index contributed by atoms with van der Waals surface area (Å²) in [6.07, 6.45) is 0. The van der Waals surface area contributed by atoms with Crippen LogP contribution in [0.3, 0.4) is 0 Å². The maximum Gasteiger partial charge on any atom is 0.271 e. The maximum atomic E-state index is 13.5. The zero-order chi connectivity index (χ0) is 21.5. The summed E-state index contributed by atoms with van der Waals surface area (Å²) in [6, 6.07) is 22.9. The van der Waals surface area contributed by atoms with Crippen LogP contribution in [0.1, 0.15) is 47.1 Å². The van der Waals surface area contributed by atoms with E-state index in [4.69, 9.17) is 0 Å². The number of carbonyl (C=O) groups excluding carboxylic acids is 2. The summed E-state index contributed by atoms with van der Waals surface area (Å²) in [5.41, 5.74) is 2.56. The highest BCUT2D eigenvalue weighted by atomic mass is 32.2. The second kappa shape index (κ2) is 7.54. The van der Waals surface area contributed by atoms with Crippen LogP contribution in [0.5, 0.6) is 0 Å². The van der Waals surface area contributed by atoms with E-state index in [0.717, 1.165) is 5.56 Å². The van der Waals surface area contributed by atoms with E-state index in [2.05, 4.69) is 20.8 Å². The molecule has 0 saturated carbocycles. The van der Waals surface area contributed by atoms with Crippen molar-refractivity contribution < 1.29 is 13.8 Å². The monoisotopic (exact) mass is 418 g/mol. The number of rotatable bonds is 2. The first-order chi connectivity index (χ1) is 14.3. The fourth-order valence-corrected chi connectivity index (χ4v) is 4.63. The molecule has 0 bridgehead atoms. The number of hydrogen-bond donors (Lipinski definition) is 0. The van der Waals surface area contributed by atoms with Crippen LogP contribution < -0.4 is 8.61 Å². The van der Waals surface area contributed by atoms with Crippen LogP contribution >= 0.6 is 0 Å². The molecule has 1 atom stereocenters. The van der Waals surface area contributed by atoms with Crippen LogP contribution in [0.25, 0.3) is 0 Å². The molecule has 0 radical (unpaired) electrons. The Balaban J connectivity index is 1.86. The Hall–Kier alpha value is -3.25. The molecule has 3 aromatic carbocycles. The van der Waals surface area contributed by atoms with Crippen molar-refractivity contribution in [2.45, 2.75) is 26.2 Å². The fraction of sp³-hybridized carbons (Fsp3) is 0.167. The Bertz CT molecular complexity index is 1140. The van der Waals surface area contributed by atoms with Gasteiger partial charge in [0.15, 0.2) is 0 Å². The smallest absolute Gasteiger partial charge is 0.268 e. The molecule has 1 aliphatic rings. The molecule has 1 unspecified atom stereocenters. The highest BCUT2D eigenvalue weighted by Gasteiger charge is 2.42. The zero-order valence-electron chi connectivity index (χ0n) is 17.0. The third-order valence-electron chi connectivity index (χ3n) is 5.00. The molecule has 4 rings (SSSR count). The van der Waals surface area contributed by atoms with Crippen molar-refractivity contribution >= 4 is 34.4 Å². The molecule has 0 fully saturated rings. The molecule has 6 heteroatoms. The van der Waals surface area contributed by atoms with Crippen molar-refractivity contribution in [2.24, 2.45) is 0 Å². The average molecular weight is 419 g/mol. The molecule has 1 heterocycles. The van der Waals surface area contributed by atoms with E-state index in [1.54, 1.807) is 54.6 Å². The Morgan fingerprint density at radius 2 is 1.17 bits per heavy atom. The largest absolute Gasteiger partial charge is 0.271 e. The Kier molecular flexibility index (Phi) is 5.03. The van der Waals surface area contributed by atoms with Gasteiger partial charge in [-0.2, -0.15) is 0 Å². The molecule has 3 aromatic rings. The second-order valence-corrected chi connectivity index (χ2v) is 9.31. The highest BCUT2D eigenvalue weighted by molar-refractivity contribution is 7.90. The number of hydrogen-bond acceptors (Lipinski definition) is 3. The second-order valence-electron chi connectivity index (χ2n) is 8.12. The summed E-state index contributed by atoms with van der Waals surface area (Å²) in [7, 11) is 0. The van der Waals surface area contributed by atoms with Crippen LogP contribution in [0.15, 0.2) is 78.9 Å². The van der Waals surface area contributed by atoms with E-state index >= 15 is 0 Å². The number of anilines is 2. The van der Waals surface area contributed by atoms with Gasteiger partial charge in [0, 0.05) is 11.1 Å². The van der Waals surface area contributed by atoms with E-state index in [1.807, 2.05) is 24.3 Å². The molecule has 0 aliphatic carbocycles. The minimum atomic E-state index is -2.02. The first-order valence-corrected chi connectivity index (χ1v) is 10.7. The van der Waals surface area contributed by atoms with Crippen molar-refractivity contribution in [1.82, 2.24) is 0 Å². The minimum absolute atomic E-state index is 0.172. The van der Waals surface area contributed by atoms with E-state index in [1.165, 1.54) is 8.61 Å². The molecule has 0 N–H and O–H groups in total. The lowest BCUT2D eigenvalue weighted by Crippen LogP contribution is -2.39. The van der Waals surface area contributed by atoms with Gasteiger partial charge < -0.3 is 0 Å². The topological polar surface area (TPSA) is 57.7 Å². The fourth-order valence-electron chi connectivity index (χ4n) is 3.33. The summed E-state index contributed by atoms with van der Waals surface area (Å²) >= 11 is -2.02. The van der Waals surface area contributed by atoms with Gasteiger partial charge in [-0.3, -0.25) is 9.59 Å². The quantitative estimate of drug-likeness (QED) is 0.597. The molecule has 2 amide bonds. The molecule has 152 valence electrons. The summed E-state index contributed by atoms with van der Waals surface area (Å²) in [5, 5.41) is 0. The van der Waals surface area contributed by atoms with E-state index in [9.17, 15) is 13.8 Å². The SMILES string of the molecule is CC(C)(C)c1ccc2c(c1)N(C(=O)c1ccccc1)S(=O)N2C(=O)c1ccccc1. The van der Waals surface area contributed by atoms with Gasteiger partial charge in [0.1, 0.15) is 0 Å². The molecule has 0 spiro atoms. The predicted molar refractivity (Wildman–Crippen MR) is 120 cm³/mol. The number of fused-ring (bicyclic) bond motifs is 1. The van der Waals surface area contributed by atoms with Crippen molar-refractivity contribution in [3.05, 3.63) is 95.6 Å². The summed E-state index contributed by atoms with van der Waals surface area (Å²) in [6.45, 7) is 6.20.